The fourth-order valence-corrected chi connectivity index (χ4v) is 2.27. The molecule has 1 aliphatic heterocycles. The minimum absolute atomic E-state index is 0. The van der Waals surface area contributed by atoms with Crippen LogP contribution in [0.25, 0.3) is 0 Å². The third kappa shape index (κ3) is 4.98. The SMILES string of the molecule is CC(=O)Nc1cc(NCC2CCNCC2)ccc1F.Cl. The van der Waals surface area contributed by atoms with E-state index in [2.05, 4.69) is 16.0 Å². The first-order valence-corrected chi connectivity index (χ1v) is 6.67. The standard InChI is InChI=1S/C14H20FN3O.ClH/c1-10(19)18-14-8-12(2-3-13(14)15)17-9-11-4-6-16-7-5-11;/h2-3,8,11,16-17H,4-7,9H2,1H3,(H,18,19);1H. The molecule has 6 heteroatoms. The Hall–Kier alpha value is -1.33. The van der Waals surface area contributed by atoms with Crippen molar-refractivity contribution in [2.24, 2.45) is 5.92 Å². The van der Waals surface area contributed by atoms with Crippen molar-refractivity contribution in [3.05, 3.63) is 24.0 Å². The van der Waals surface area contributed by atoms with Gasteiger partial charge < -0.3 is 16.0 Å². The summed E-state index contributed by atoms with van der Waals surface area (Å²) in [7, 11) is 0. The molecule has 0 spiro atoms. The Kier molecular flexibility index (Phi) is 6.75. The quantitative estimate of drug-likeness (QED) is 0.801. The van der Waals surface area contributed by atoms with Crippen LogP contribution in [0.5, 0.6) is 0 Å². The Morgan fingerprint density at radius 2 is 2.10 bits per heavy atom. The molecular formula is C14H21ClFN3O. The zero-order chi connectivity index (χ0) is 13.7. The summed E-state index contributed by atoms with van der Waals surface area (Å²) >= 11 is 0. The molecule has 1 heterocycles. The molecule has 0 aromatic heterocycles. The first kappa shape index (κ1) is 16.7. The van der Waals surface area contributed by atoms with Crippen LogP contribution >= 0.6 is 12.4 Å². The van der Waals surface area contributed by atoms with Gasteiger partial charge in [-0.25, -0.2) is 4.39 Å². The van der Waals surface area contributed by atoms with Gasteiger partial charge in [-0.2, -0.15) is 0 Å². The molecule has 0 saturated carbocycles. The molecule has 112 valence electrons. The van der Waals surface area contributed by atoms with Crippen molar-refractivity contribution in [1.29, 1.82) is 0 Å². The maximum Gasteiger partial charge on any atom is 0.221 e. The molecule has 20 heavy (non-hydrogen) atoms. The van der Waals surface area contributed by atoms with Gasteiger partial charge >= 0.3 is 0 Å². The summed E-state index contributed by atoms with van der Waals surface area (Å²) < 4.78 is 13.5. The fraction of sp³-hybridized carbons (Fsp3) is 0.500. The molecule has 0 aliphatic carbocycles. The second-order valence-electron chi connectivity index (χ2n) is 4.95. The van der Waals surface area contributed by atoms with Crippen molar-refractivity contribution in [3.8, 4) is 0 Å². The lowest BCUT2D eigenvalue weighted by molar-refractivity contribution is -0.114. The zero-order valence-corrected chi connectivity index (χ0v) is 12.4. The van der Waals surface area contributed by atoms with E-state index < -0.39 is 5.82 Å². The summed E-state index contributed by atoms with van der Waals surface area (Å²) in [5, 5.41) is 9.12. The normalized spacial score (nSPS) is 15.3. The van der Waals surface area contributed by atoms with Gasteiger partial charge in [0.25, 0.3) is 0 Å². The predicted molar refractivity (Wildman–Crippen MR) is 82.0 cm³/mol. The molecule has 2 rings (SSSR count). The highest BCUT2D eigenvalue weighted by Gasteiger charge is 2.13. The molecular weight excluding hydrogens is 281 g/mol. The Morgan fingerprint density at radius 3 is 2.75 bits per heavy atom. The predicted octanol–water partition coefficient (Wildman–Crippen LogP) is 2.62. The van der Waals surface area contributed by atoms with Crippen molar-refractivity contribution in [1.82, 2.24) is 5.32 Å². The summed E-state index contributed by atoms with van der Waals surface area (Å²) in [6.07, 6.45) is 2.32. The van der Waals surface area contributed by atoms with Crippen LogP contribution in [0.4, 0.5) is 15.8 Å². The molecule has 0 unspecified atom stereocenters. The van der Waals surface area contributed by atoms with E-state index in [0.717, 1.165) is 38.2 Å². The molecule has 1 aliphatic rings. The third-order valence-corrected chi connectivity index (χ3v) is 3.33. The molecule has 1 amide bonds. The molecule has 1 aromatic carbocycles. The highest BCUT2D eigenvalue weighted by Crippen LogP contribution is 2.21. The van der Waals surface area contributed by atoms with E-state index in [9.17, 15) is 9.18 Å². The van der Waals surface area contributed by atoms with Gasteiger partial charge in [-0.1, -0.05) is 0 Å². The largest absolute Gasteiger partial charge is 0.385 e. The smallest absolute Gasteiger partial charge is 0.221 e. The molecule has 1 aromatic rings. The zero-order valence-electron chi connectivity index (χ0n) is 11.5. The van der Waals surface area contributed by atoms with E-state index in [4.69, 9.17) is 0 Å². The van der Waals surface area contributed by atoms with Crippen molar-refractivity contribution in [2.45, 2.75) is 19.8 Å². The lowest BCUT2D eigenvalue weighted by Gasteiger charge is -2.23. The van der Waals surface area contributed by atoms with Crippen molar-refractivity contribution in [3.63, 3.8) is 0 Å². The number of amides is 1. The topological polar surface area (TPSA) is 53.2 Å². The first-order valence-electron chi connectivity index (χ1n) is 6.67. The van der Waals surface area contributed by atoms with Gasteiger partial charge in [-0.05, 0) is 50.0 Å². The first-order chi connectivity index (χ1) is 9.15. The molecule has 1 saturated heterocycles. The van der Waals surface area contributed by atoms with Gasteiger partial charge in [0.1, 0.15) is 5.82 Å². The Balaban J connectivity index is 0.00000200. The van der Waals surface area contributed by atoms with Gasteiger partial charge in [0.2, 0.25) is 5.91 Å². The Labute approximate surface area is 124 Å². The number of nitrogens with one attached hydrogen (secondary N) is 3. The minimum Gasteiger partial charge on any atom is -0.385 e. The van der Waals surface area contributed by atoms with Gasteiger partial charge in [-0.15, -0.1) is 12.4 Å². The van der Waals surface area contributed by atoms with Crippen molar-refractivity contribution in [2.75, 3.05) is 30.3 Å². The summed E-state index contributed by atoms with van der Waals surface area (Å²) in [6, 6.07) is 4.70. The maximum atomic E-state index is 13.5. The van der Waals surface area contributed by atoms with Crippen LogP contribution < -0.4 is 16.0 Å². The number of anilines is 2. The van der Waals surface area contributed by atoms with Gasteiger partial charge in [0.05, 0.1) is 5.69 Å². The van der Waals surface area contributed by atoms with Gasteiger partial charge in [-0.3, -0.25) is 4.79 Å². The summed E-state index contributed by atoms with van der Waals surface area (Å²) in [6.45, 7) is 4.38. The number of hydrogen-bond acceptors (Lipinski definition) is 3. The molecule has 0 atom stereocenters. The minimum atomic E-state index is -0.414. The van der Waals surface area contributed by atoms with E-state index in [0.29, 0.717) is 5.92 Å². The van der Waals surface area contributed by atoms with Crippen LogP contribution in [0, 0.1) is 11.7 Å². The van der Waals surface area contributed by atoms with Crippen LogP contribution in [-0.2, 0) is 4.79 Å². The third-order valence-electron chi connectivity index (χ3n) is 3.33. The Bertz CT molecular complexity index is 450. The summed E-state index contributed by atoms with van der Waals surface area (Å²) in [4.78, 5) is 11.0. The molecule has 3 N–H and O–H groups in total. The van der Waals surface area contributed by atoms with Gasteiger partial charge in [0.15, 0.2) is 0 Å². The van der Waals surface area contributed by atoms with Crippen LogP contribution in [0.1, 0.15) is 19.8 Å². The number of rotatable bonds is 4. The summed E-state index contributed by atoms with van der Waals surface area (Å²) in [5.41, 5.74) is 1.06. The fourth-order valence-electron chi connectivity index (χ4n) is 2.27. The Morgan fingerprint density at radius 1 is 1.40 bits per heavy atom. The van der Waals surface area contributed by atoms with E-state index in [-0.39, 0.29) is 24.0 Å². The molecule has 1 fully saturated rings. The molecule has 4 nitrogen and oxygen atoms in total. The highest BCUT2D eigenvalue weighted by molar-refractivity contribution is 5.89. The molecule has 0 radical (unpaired) electrons. The number of hydrogen-bond donors (Lipinski definition) is 3. The number of carbonyl (C=O) groups is 1. The van der Waals surface area contributed by atoms with E-state index in [1.807, 2.05) is 0 Å². The second-order valence-corrected chi connectivity index (χ2v) is 4.95. The van der Waals surface area contributed by atoms with Crippen molar-refractivity contribution < 1.29 is 9.18 Å². The van der Waals surface area contributed by atoms with Gasteiger partial charge in [0, 0.05) is 19.2 Å². The average Bonchev–Trinajstić information content (AvgIpc) is 2.40. The lowest BCUT2D eigenvalue weighted by atomic mass is 9.98. The monoisotopic (exact) mass is 301 g/mol. The highest BCUT2D eigenvalue weighted by atomic mass is 35.5. The molecule has 0 bridgehead atoms. The van der Waals surface area contributed by atoms with E-state index >= 15 is 0 Å². The van der Waals surface area contributed by atoms with Crippen LogP contribution in [0.3, 0.4) is 0 Å². The maximum absolute atomic E-state index is 13.5. The number of piperidine rings is 1. The van der Waals surface area contributed by atoms with Crippen LogP contribution in [-0.4, -0.2) is 25.5 Å². The number of halogens is 2. The second kappa shape index (κ2) is 8.07. The van der Waals surface area contributed by atoms with E-state index in [1.165, 1.54) is 13.0 Å². The van der Waals surface area contributed by atoms with Crippen LogP contribution in [0.15, 0.2) is 18.2 Å². The number of benzene rings is 1. The lowest BCUT2D eigenvalue weighted by Crippen LogP contribution is -2.31. The average molecular weight is 302 g/mol. The van der Waals surface area contributed by atoms with E-state index in [1.54, 1.807) is 12.1 Å². The van der Waals surface area contributed by atoms with Crippen LogP contribution in [0.2, 0.25) is 0 Å². The number of carbonyl (C=O) groups excluding carboxylic acids is 1. The summed E-state index contributed by atoms with van der Waals surface area (Å²) in [5.74, 6) is -0.0347. The van der Waals surface area contributed by atoms with Crippen molar-refractivity contribution >= 4 is 29.7 Å².